The molecule has 0 fully saturated rings. The Morgan fingerprint density at radius 2 is 1.53 bits per heavy atom. The Balaban J connectivity index is 1.36. The molecule has 0 radical (unpaired) electrons. The van der Waals surface area contributed by atoms with Crippen LogP contribution in [0.5, 0.6) is 0 Å². The fraction of sp³-hybridized carbons (Fsp3) is 0.269. The van der Waals surface area contributed by atoms with Gasteiger partial charge in [-0.2, -0.15) is 0 Å². The smallest absolute Gasteiger partial charge is 0.242 e. The highest BCUT2D eigenvalue weighted by atomic mass is 16.2. The third-order valence-electron chi connectivity index (χ3n) is 5.26. The van der Waals surface area contributed by atoms with E-state index in [2.05, 4.69) is 16.0 Å². The summed E-state index contributed by atoms with van der Waals surface area (Å²) in [5, 5.41) is 10.3. The molecule has 0 aliphatic heterocycles. The van der Waals surface area contributed by atoms with Crippen LogP contribution < -0.4 is 16.0 Å². The van der Waals surface area contributed by atoms with Crippen molar-refractivity contribution in [2.45, 2.75) is 38.8 Å². The first-order chi connectivity index (χ1) is 15.5. The second-order valence-electron chi connectivity index (χ2n) is 7.76. The molecule has 3 amide bonds. The van der Waals surface area contributed by atoms with E-state index in [0.717, 1.165) is 22.8 Å². The number of nitrogens with one attached hydrogen (secondary N) is 3. The molecule has 0 saturated heterocycles. The van der Waals surface area contributed by atoms with Gasteiger partial charge in [-0.15, -0.1) is 0 Å². The highest BCUT2D eigenvalue weighted by molar-refractivity contribution is 5.90. The molecule has 6 nitrogen and oxygen atoms in total. The van der Waals surface area contributed by atoms with Gasteiger partial charge >= 0.3 is 0 Å². The molecule has 1 unspecified atom stereocenters. The average Bonchev–Trinajstić information content (AvgIpc) is 2.81. The van der Waals surface area contributed by atoms with Crippen molar-refractivity contribution in [2.24, 2.45) is 0 Å². The van der Waals surface area contributed by atoms with Crippen molar-refractivity contribution >= 4 is 28.5 Å². The van der Waals surface area contributed by atoms with E-state index in [9.17, 15) is 14.4 Å². The van der Waals surface area contributed by atoms with Crippen LogP contribution >= 0.6 is 0 Å². The molecule has 0 heterocycles. The topological polar surface area (TPSA) is 87.3 Å². The maximum atomic E-state index is 12.4. The van der Waals surface area contributed by atoms with Gasteiger partial charge in [0.25, 0.3) is 0 Å². The second-order valence-corrected chi connectivity index (χ2v) is 7.76. The quantitative estimate of drug-likeness (QED) is 0.461. The molecular formula is C26H29N3O3. The van der Waals surface area contributed by atoms with Crippen molar-refractivity contribution in [3.05, 3.63) is 83.9 Å². The van der Waals surface area contributed by atoms with Crippen LogP contribution in [0.15, 0.2) is 72.8 Å². The van der Waals surface area contributed by atoms with E-state index in [-0.39, 0.29) is 18.4 Å². The lowest BCUT2D eigenvalue weighted by Gasteiger charge is -2.15. The minimum absolute atomic E-state index is 0.148. The Labute approximate surface area is 188 Å². The first-order valence-corrected chi connectivity index (χ1v) is 10.9. The molecular weight excluding hydrogens is 402 g/mol. The van der Waals surface area contributed by atoms with Gasteiger partial charge < -0.3 is 16.0 Å². The minimum Gasteiger partial charge on any atom is -0.350 e. The lowest BCUT2D eigenvalue weighted by Crippen LogP contribution is -2.47. The van der Waals surface area contributed by atoms with E-state index >= 15 is 0 Å². The molecule has 0 aromatic heterocycles. The monoisotopic (exact) mass is 431 g/mol. The first kappa shape index (κ1) is 23.0. The summed E-state index contributed by atoms with van der Waals surface area (Å²) in [6.07, 6.45) is 1.88. The van der Waals surface area contributed by atoms with E-state index in [1.165, 1.54) is 5.56 Å². The number of amides is 3. The molecule has 3 rings (SSSR count). The largest absolute Gasteiger partial charge is 0.350 e. The zero-order valence-corrected chi connectivity index (χ0v) is 18.3. The Morgan fingerprint density at radius 3 is 2.34 bits per heavy atom. The molecule has 166 valence electrons. The highest BCUT2D eigenvalue weighted by Crippen LogP contribution is 2.18. The Bertz CT molecular complexity index is 1060. The van der Waals surface area contributed by atoms with Crippen LogP contribution in [0, 0.1) is 0 Å². The normalized spacial score (nSPS) is 11.5. The molecule has 0 bridgehead atoms. The van der Waals surface area contributed by atoms with Gasteiger partial charge in [0.05, 0.1) is 6.54 Å². The Hall–Kier alpha value is -3.67. The fourth-order valence-electron chi connectivity index (χ4n) is 3.51. The van der Waals surface area contributed by atoms with Crippen LogP contribution in [0.1, 0.15) is 30.9 Å². The van der Waals surface area contributed by atoms with Crippen molar-refractivity contribution in [2.75, 3.05) is 6.54 Å². The molecule has 0 saturated carbocycles. The lowest BCUT2D eigenvalue weighted by molar-refractivity contribution is -0.129. The van der Waals surface area contributed by atoms with E-state index in [4.69, 9.17) is 0 Å². The summed E-state index contributed by atoms with van der Waals surface area (Å²) in [5.74, 6) is -0.848. The Morgan fingerprint density at radius 1 is 0.812 bits per heavy atom. The maximum Gasteiger partial charge on any atom is 0.242 e. The summed E-state index contributed by atoms with van der Waals surface area (Å²) in [6.45, 7) is 1.85. The minimum atomic E-state index is -0.701. The fourth-order valence-corrected chi connectivity index (χ4v) is 3.51. The zero-order valence-electron chi connectivity index (χ0n) is 18.3. The van der Waals surface area contributed by atoms with E-state index < -0.39 is 11.9 Å². The van der Waals surface area contributed by atoms with Gasteiger partial charge in [-0.25, -0.2) is 0 Å². The van der Waals surface area contributed by atoms with E-state index in [1.54, 1.807) is 6.92 Å². The molecule has 32 heavy (non-hydrogen) atoms. The van der Waals surface area contributed by atoms with E-state index in [0.29, 0.717) is 19.4 Å². The van der Waals surface area contributed by atoms with Gasteiger partial charge in [-0.05, 0) is 41.7 Å². The molecule has 0 spiro atoms. The van der Waals surface area contributed by atoms with Gasteiger partial charge in [0.2, 0.25) is 17.7 Å². The van der Waals surface area contributed by atoms with Gasteiger partial charge in [0, 0.05) is 13.0 Å². The van der Waals surface area contributed by atoms with Crippen molar-refractivity contribution in [1.82, 2.24) is 16.0 Å². The molecule has 0 aliphatic rings. The van der Waals surface area contributed by atoms with Crippen LogP contribution in [-0.4, -0.2) is 30.3 Å². The van der Waals surface area contributed by atoms with Crippen molar-refractivity contribution in [1.29, 1.82) is 0 Å². The SMILES string of the molecule is CC(NC(=O)CNC(=O)CCCc1ccccc1)C(=O)NCc1cccc2ccccc12. The lowest BCUT2D eigenvalue weighted by atomic mass is 10.0. The number of hydrogen-bond acceptors (Lipinski definition) is 3. The third-order valence-corrected chi connectivity index (χ3v) is 5.26. The van der Waals surface area contributed by atoms with Gasteiger partial charge in [-0.1, -0.05) is 72.8 Å². The third kappa shape index (κ3) is 6.94. The second kappa shape index (κ2) is 11.6. The van der Waals surface area contributed by atoms with Gasteiger partial charge in [-0.3, -0.25) is 14.4 Å². The van der Waals surface area contributed by atoms with Crippen LogP contribution in [0.2, 0.25) is 0 Å². The molecule has 3 aromatic carbocycles. The summed E-state index contributed by atoms with van der Waals surface area (Å²) < 4.78 is 0. The van der Waals surface area contributed by atoms with Crippen molar-refractivity contribution < 1.29 is 14.4 Å². The zero-order chi connectivity index (χ0) is 22.8. The number of hydrogen-bond donors (Lipinski definition) is 3. The molecule has 0 aliphatic carbocycles. The molecule has 6 heteroatoms. The predicted octanol–water partition coefficient (Wildman–Crippen LogP) is 3.10. The summed E-state index contributed by atoms with van der Waals surface area (Å²) in [7, 11) is 0. The summed E-state index contributed by atoms with van der Waals surface area (Å²) in [6, 6.07) is 23.2. The number of benzene rings is 3. The summed E-state index contributed by atoms with van der Waals surface area (Å²) >= 11 is 0. The van der Waals surface area contributed by atoms with Crippen LogP contribution in [0.4, 0.5) is 0 Å². The average molecular weight is 432 g/mol. The molecule has 1 atom stereocenters. The number of carbonyl (C=O) groups is 3. The number of aryl methyl sites for hydroxylation is 1. The standard InChI is InChI=1S/C26H29N3O3/c1-19(26(32)28-17-22-14-8-13-21-12-5-6-15-23(21)22)29-25(31)18-27-24(30)16-7-11-20-9-3-2-4-10-20/h2-6,8-10,12-15,19H,7,11,16-18H2,1H3,(H,27,30)(H,28,32)(H,29,31). The predicted molar refractivity (Wildman–Crippen MR) is 126 cm³/mol. The van der Waals surface area contributed by atoms with Gasteiger partial charge in [0.1, 0.15) is 6.04 Å². The molecule has 3 aromatic rings. The first-order valence-electron chi connectivity index (χ1n) is 10.9. The summed E-state index contributed by atoms with van der Waals surface area (Å²) in [4.78, 5) is 36.4. The number of fused-ring (bicyclic) bond motifs is 1. The summed E-state index contributed by atoms with van der Waals surface area (Å²) in [5.41, 5.74) is 2.19. The van der Waals surface area contributed by atoms with Crippen LogP contribution in [-0.2, 0) is 27.3 Å². The van der Waals surface area contributed by atoms with Crippen LogP contribution in [0.3, 0.4) is 0 Å². The van der Waals surface area contributed by atoms with E-state index in [1.807, 2.05) is 72.8 Å². The number of carbonyl (C=O) groups excluding carboxylic acids is 3. The number of rotatable bonds is 10. The van der Waals surface area contributed by atoms with Gasteiger partial charge in [0.15, 0.2) is 0 Å². The van der Waals surface area contributed by atoms with Crippen molar-refractivity contribution in [3.8, 4) is 0 Å². The Kier molecular flexibility index (Phi) is 8.37. The molecule has 3 N–H and O–H groups in total. The maximum absolute atomic E-state index is 12.4. The van der Waals surface area contributed by atoms with Crippen LogP contribution in [0.25, 0.3) is 10.8 Å². The van der Waals surface area contributed by atoms with Crippen molar-refractivity contribution in [3.63, 3.8) is 0 Å². The highest BCUT2D eigenvalue weighted by Gasteiger charge is 2.16.